The van der Waals surface area contributed by atoms with Crippen LogP contribution < -0.4 is 10.6 Å². The van der Waals surface area contributed by atoms with Crippen LogP contribution in [0.15, 0.2) is 22.7 Å². The molecule has 108 valence electrons. The molecule has 1 aliphatic carbocycles. The molecule has 0 radical (unpaired) electrons. The first kappa shape index (κ1) is 14.7. The predicted molar refractivity (Wildman–Crippen MR) is 76.6 cm³/mol. The topological polar surface area (TPSA) is 104 Å². The number of halogens is 1. The maximum Gasteiger partial charge on any atom is 0.319 e. The van der Waals surface area contributed by atoms with Crippen molar-refractivity contribution in [3.05, 3.63) is 32.8 Å². The molecule has 2 rings (SSSR count). The molecule has 0 bridgehead atoms. The number of nitro groups is 1. The van der Waals surface area contributed by atoms with Gasteiger partial charge in [-0.1, -0.05) is 0 Å². The van der Waals surface area contributed by atoms with E-state index in [1.165, 1.54) is 12.1 Å². The molecule has 0 spiro atoms. The highest BCUT2D eigenvalue weighted by atomic mass is 79.9. The van der Waals surface area contributed by atoms with Gasteiger partial charge >= 0.3 is 6.03 Å². The minimum absolute atomic E-state index is 0.125. The molecule has 1 saturated carbocycles. The summed E-state index contributed by atoms with van der Waals surface area (Å²) in [6.07, 6.45) is 2.31. The third-order valence-corrected chi connectivity index (χ3v) is 3.93. The Labute approximate surface area is 123 Å². The van der Waals surface area contributed by atoms with Crippen LogP contribution >= 0.6 is 15.9 Å². The van der Waals surface area contributed by atoms with Gasteiger partial charge < -0.3 is 15.7 Å². The lowest BCUT2D eigenvalue weighted by Crippen LogP contribution is -2.48. The number of anilines is 1. The molecule has 0 atom stereocenters. The highest BCUT2D eigenvalue weighted by Gasteiger charge is 2.34. The van der Waals surface area contributed by atoms with Gasteiger partial charge in [0.05, 0.1) is 15.0 Å². The number of benzene rings is 1. The van der Waals surface area contributed by atoms with E-state index in [1.54, 1.807) is 6.07 Å². The van der Waals surface area contributed by atoms with Crippen molar-refractivity contribution in [2.75, 3.05) is 11.9 Å². The second-order valence-corrected chi connectivity index (χ2v) is 5.66. The number of aliphatic hydroxyl groups is 1. The summed E-state index contributed by atoms with van der Waals surface area (Å²) in [5.74, 6) is 0. The molecule has 0 aliphatic heterocycles. The lowest BCUT2D eigenvalue weighted by molar-refractivity contribution is -0.385. The number of hydrogen-bond acceptors (Lipinski definition) is 4. The molecular formula is C12H14BrN3O4. The summed E-state index contributed by atoms with van der Waals surface area (Å²) in [6.45, 7) is 0.178. The molecule has 1 aromatic rings. The number of hydrogen-bond donors (Lipinski definition) is 3. The van der Waals surface area contributed by atoms with Gasteiger partial charge in [-0.3, -0.25) is 10.1 Å². The van der Waals surface area contributed by atoms with E-state index in [2.05, 4.69) is 26.6 Å². The van der Waals surface area contributed by atoms with E-state index < -0.39 is 16.6 Å². The Hall–Kier alpha value is -1.67. The third-order valence-electron chi connectivity index (χ3n) is 3.26. The Balaban J connectivity index is 1.94. The first-order chi connectivity index (χ1) is 9.39. The van der Waals surface area contributed by atoms with Crippen LogP contribution in [0.25, 0.3) is 0 Å². The van der Waals surface area contributed by atoms with Gasteiger partial charge in [-0.25, -0.2) is 4.79 Å². The fourth-order valence-corrected chi connectivity index (χ4v) is 2.30. The molecule has 1 fully saturated rings. The maximum absolute atomic E-state index is 11.7. The Morgan fingerprint density at radius 2 is 2.20 bits per heavy atom. The van der Waals surface area contributed by atoms with Crippen molar-refractivity contribution in [3.8, 4) is 0 Å². The number of nitrogens with one attached hydrogen (secondary N) is 2. The highest BCUT2D eigenvalue weighted by Crippen LogP contribution is 2.30. The average molecular weight is 344 g/mol. The fourth-order valence-electron chi connectivity index (χ4n) is 1.91. The Kier molecular flexibility index (Phi) is 4.24. The normalized spacial score (nSPS) is 16.1. The minimum Gasteiger partial charge on any atom is -0.388 e. The number of rotatable bonds is 4. The smallest absolute Gasteiger partial charge is 0.319 e. The summed E-state index contributed by atoms with van der Waals surface area (Å²) in [7, 11) is 0. The van der Waals surface area contributed by atoms with Gasteiger partial charge in [-0.05, 0) is 47.3 Å². The van der Waals surface area contributed by atoms with Crippen molar-refractivity contribution in [1.82, 2.24) is 5.32 Å². The van der Waals surface area contributed by atoms with Crippen molar-refractivity contribution >= 4 is 33.3 Å². The number of nitro benzene ring substituents is 1. The van der Waals surface area contributed by atoms with Gasteiger partial charge in [0.2, 0.25) is 0 Å². The van der Waals surface area contributed by atoms with Crippen molar-refractivity contribution < 1.29 is 14.8 Å². The van der Waals surface area contributed by atoms with E-state index in [0.717, 1.165) is 6.42 Å². The number of carbonyl (C=O) groups is 1. The van der Waals surface area contributed by atoms with Crippen molar-refractivity contribution in [1.29, 1.82) is 0 Å². The minimum atomic E-state index is -0.803. The van der Waals surface area contributed by atoms with Crippen LogP contribution in [0.2, 0.25) is 0 Å². The molecule has 0 unspecified atom stereocenters. The van der Waals surface area contributed by atoms with Gasteiger partial charge in [-0.15, -0.1) is 0 Å². The maximum atomic E-state index is 11.7. The quantitative estimate of drug-likeness (QED) is 0.576. The molecule has 2 amide bonds. The number of amides is 2. The van der Waals surface area contributed by atoms with Gasteiger partial charge in [0.1, 0.15) is 0 Å². The van der Waals surface area contributed by atoms with Gasteiger partial charge in [0.15, 0.2) is 0 Å². The summed E-state index contributed by atoms with van der Waals surface area (Å²) in [5, 5.41) is 25.7. The number of carbonyl (C=O) groups excluding carboxylic acids is 1. The van der Waals surface area contributed by atoms with Crippen LogP contribution in [0.3, 0.4) is 0 Å². The van der Waals surface area contributed by atoms with E-state index in [1.807, 2.05) is 0 Å². The second kappa shape index (κ2) is 5.76. The zero-order chi connectivity index (χ0) is 14.8. The van der Waals surface area contributed by atoms with Crippen LogP contribution in [0, 0.1) is 10.1 Å². The van der Waals surface area contributed by atoms with Gasteiger partial charge in [-0.2, -0.15) is 0 Å². The van der Waals surface area contributed by atoms with Crippen molar-refractivity contribution in [3.63, 3.8) is 0 Å². The first-order valence-electron chi connectivity index (χ1n) is 6.11. The van der Waals surface area contributed by atoms with E-state index in [4.69, 9.17) is 0 Å². The third kappa shape index (κ3) is 3.45. The summed E-state index contributed by atoms with van der Waals surface area (Å²) >= 11 is 3.07. The summed E-state index contributed by atoms with van der Waals surface area (Å²) in [6, 6.07) is 3.81. The average Bonchev–Trinajstić information content (AvgIpc) is 2.36. The lowest BCUT2D eigenvalue weighted by Gasteiger charge is -2.36. The van der Waals surface area contributed by atoms with Crippen LogP contribution in [0.4, 0.5) is 16.2 Å². The van der Waals surface area contributed by atoms with Crippen LogP contribution in [0.1, 0.15) is 19.3 Å². The van der Waals surface area contributed by atoms with Gasteiger partial charge in [0, 0.05) is 18.3 Å². The molecule has 1 aromatic carbocycles. The number of urea groups is 1. The van der Waals surface area contributed by atoms with Crippen molar-refractivity contribution in [2.24, 2.45) is 0 Å². The molecule has 0 saturated heterocycles. The highest BCUT2D eigenvalue weighted by molar-refractivity contribution is 9.10. The Morgan fingerprint density at radius 3 is 2.75 bits per heavy atom. The largest absolute Gasteiger partial charge is 0.388 e. The molecule has 3 N–H and O–H groups in total. The first-order valence-corrected chi connectivity index (χ1v) is 6.90. The predicted octanol–water partition coefficient (Wildman–Crippen LogP) is 2.39. The van der Waals surface area contributed by atoms with Gasteiger partial charge in [0.25, 0.3) is 5.69 Å². The molecule has 0 aromatic heterocycles. The van der Waals surface area contributed by atoms with Crippen molar-refractivity contribution in [2.45, 2.75) is 24.9 Å². The molecule has 0 heterocycles. The summed E-state index contributed by atoms with van der Waals surface area (Å²) < 4.78 is 0.345. The molecule has 8 heteroatoms. The van der Waals surface area contributed by atoms with E-state index in [0.29, 0.717) is 23.0 Å². The molecular weight excluding hydrogens is 330 g/mol. The summed E-state index contributed by atoms with van der Waals surface area (Å²) in [4.78, 5) is 21.9. The molecule has 7 nitrogen and oxygen atoms in total. The standard InChI is InChI=1S/C12H14BrN3O4/c13-9-3-2-8(6-10(9)16(19)20)15-11(17)14-7-12(18)4-1-5-12/h2-3,6,18H,1,4-5,7H2,(H2,14,15,17). The SMILES string of the molecule is O=C(NCC1(O)CCC1)Nc1ccc(Br)c([N+](=O)[O-])c1. The zero-order valence-corrected chi connectivity index (χ0v) is 12.1. The Bertz CT molecular complexity index is 546. The monoisotopic (exact) mass is 343 g/mol. The summed E-state index contributed by atoms with van der Waals surface area (Å²) in [5.41, 5.74) is -0.610. The van der Waals surface area contributed by atoms with Crippen LogP contribution in [0.5, 0.6) is 0 Å². The van der Waals surface area contributed by atoms with Crippen LogP contribution in [-0.4, -0.2) is 28.2 Å². The zero-order valence-electron chi connectivity index (χ0n) is 10.6. The number of nitrogens with zero attached hydrogens (tertiary/aromatic N) is 1. The molecule has 1 aliphatic rings. The lowest BCUT2D eigenvalue weighted by atomic mass is 9.80. The van der Waals surface area contributed by atoms with E-state index in [-0.39, 0.29) is 12.2 Å². The van der Waals surface area contributed by atoms with Crippen LogP contribution in [-0.2, 0) is 0 Å². The van der Waals surface area contributed by atoms with E-state index >= 15 is 0 Å². The second-order valence-electron chi connectivity index (χ2n) is 4.81. The fraction of sp³-hybridized carbons (Fsp3) is 0.417. The van der Waals surface area contributed by atoms with E-state index in [9.17, 15) is 20.0 Å². The Morgan fingerprint density at radius 1 is 1.50 bits per heavy atom. The molecule has 20 heavy (non-hydrogen) atoms.